The van der Waals surface area contributed by atoms with Crippen molar-refractivity contribution in [2.75, 3.05) is 20.3 Å². The predicted octanol–water partition coefficient (Wildman–Crippen LogP) is 7.78. The van der Waals surface area contributed by atoms with E-state index in [1.807, 2.05) is 60.2 Å². The number of ether oxygens (including phenoxy) is 4. The topological polar surface area (TPSA) is 104 Å². The molecule has 5 rings (SSSR count). The lowest BCUT2D eigenvalue weighted by Crippen LogP contribution is -2.41. The van der Waals surface area contributed by atoms with E-state index < -0.39 is 8.32 Å². The molecule has 0 amide bonds. The van der Waals surface area contributed by atoms with E-state index in [9.17, 15) is 4.79 Å². The highest BCUT2D eigenvalue weighted by atomic mass is 35.5. The first-order chi connectivity index (χ1) is 23.6. The fraction of sp³-hybridized carbons (Fsp3) is 0.595. The molecule has 1 atom stereocenters. The van der Waals surface area contributed by atoms with Crippen molar-refractivity contribution in [3.05, 3.63) is 57.3 Å². The van der Waals surface area contributed by atoms with Crippen LogP contribution in [0.25, 0.3) is 22.0 Å². The summed E-state index contributed by atoms with van der Waals surface area (Å²) in [4.78, 5) is 13.3. The van der Waals surface area contributed by atoms with Gasteiger partial charge in [0.05, 0.1) is 54.6 Å². The molecule has 0 radical (unpaired) electrons. The van der Waals surface area contributed by atoms with Gasteiger partial charge in [0.2, 0.25) is 0 Å². The maximum absolute atomic E-state index is 13.3. The van der Waals surface area contributed by atoms with E-state index in [2.05, 4.69) is 39.0 Å². The molecule has 274 valence electrons. The highest BCUT2D eigenvalue weighted by Crippen LogP contribution is 2.42. The summed E-state index contributed by atoms with van der Waals surface area (Å²) in [6.45, 7) is 15.6. The fourth-order valence-electron chi connectivity index (χ4n) is 6.39. The molecule has 13 heteroatoms. The average molecular weight is 728 g/mol. The van der Waals surface area contributed by atoms with Gasteiger partial charge in [-0.3, -0.25) is 9.36 Å². The Morgan fingerprint density at radius 2 is 1.82 bits per heavy atom. The largest absolute Gasteiger partial charge is 0.464 e. The normalized spacial score (nSPS) is 15.7. The van der Waals surface area contributed by atoms with Crippen LogP contribution in [0, 0.1) is 6.92 Å². The minimum atomic E-state index is -1.90. The van der Waals surface area contributed by atoms with Gasteiger partial charge in [-0.15, -0.1) is 0 Å². The maximum atomic E-state index is 13.3. The molecule has 0 spiro atoms. The zero-order chi connectivity index (χ0) is 36.4. The van der Waals surface area contributed by atoms with E-state index in [1.54, 1.807) is 0 Å². The third-order valence-corrected chi connectivity index (χ3v) is 15.2. The van der Waals surface area contributed by atoms with Crippen LogP contribution in [0.5, 0.6) is 0 Å². The monoisotopic (exact) mass is 727 g/mol. The Balaban J connectivity index is 1.40. The lowest BCUT2D eigenvalue weighted by Gasteiger charge is -2.36. The second-order valence-corrected chi connectivity index (χ2v) is 20.0. The molecular weight excluding hydrogens is 674 g/mol. The van der Waals surface area contributed by atoms with Gasteiger partial charge in [0.1, 0.15) is 5.69 Å². The molecule has 0 saturated carbocycles. The summed E-state index contributed by atoms with van der Waals surface area (Å²) in [5, 5.41) is 11.1. The second-order valence-electron chi connectivity index (χ2n) is 14.8. The van der Waals surface area contributed by atoms with Gasteiger partial charge in [0, 0.05) is 56.6 Å². The Labute approximate surface area is 302 Å². The molecule has 1 saturated heterocycles. The van der Waals surface area contributed by atoms with E-state index in [0.717, 1.165) is 82.7 Å². The summed E-state index contributed by atoms with van der Waals surface area (Å²) in [5.41, 5.74) is 7.44. The minimum absolute atomic E-state index is 0.123. The number of hydrogen-bond acceptors (Lipinski definition) is 8. The van der Waals surface area contributed by atoms with Crippen LogP contribution in [0.4, 0.5) is 0 Å². The van der Waals surface area contributed by atoms with E-state index in [4.69, 9.17) is 40.1 Å². The molecule has 0 N–H and O–H groups in total. The summed E-state index contributed by atoms with van der Waals surface area (Å²) < 4.78 is 35.3. The minimum Gasteiger partial charge on any atom is -0.464 e. The van der Waals surface area contributed by atoms with Crippen molar-refractivity contribution >= 4 is 36.8 Å². The van der Waals surface area contributed by atoms with Crippen LogP contribution in [0.3, 0.4) is 0 Å². The van der Waals surface area contributed by atoms with Crippen LogP contribution in [-0.2, 0) is 70.8 Å². The third kappa shape index (κ3) is 8.05. The van der Waals surface area contributed by atoms with Gasteiger partial charge in [0.25, 0.3) is 0 Å². The van der Waals surface area contributed by atoms with Gasteiger partial charge in [-0.25, -0.2) is 4.79 Å². The van der Waals surface area contributed by atoms with Crippen molar-refractivity contribution in [1.29, 1.82) is 0 Å². The highest BCUT2D eigenvalue weighted by molar-refractivity contribution is 6.74. The number of nitrogens with zero attached hydrogens (tertiary/aromatic N) is 5. The number of halogens is 1. The molecule has 1 fully saturated rings. The van der Waals surface area contributed by atoms with Crippen molar-refractivity contribution in [2.24, 2.45) is 21.1 Å². The van der Waals surface area contributed by atoms with Crippen molar-refractivity contribution < 1.29 is 28.2 Å². The summed E-state index contributed by atoms with van der Waals surface area (Å²) in [5.74, 6) is -0.385. The smallest absolute Gasteiger partial charge is 0.354 e. The van der Waals surface area contributed by atoms with Crippen LogP contribution >= 0.6 is 11.6 Å². The number of carbonyl (C=O) groups is 1. The van der Waals surface area contributed by atoms with Gasteiger partial charge >= 0.3 is 5.97 Å². The number of methoxy groups -OCH3 is 1. The van der Waals surface area contributed by atoms with Gasteiger partial charge in [0.15, 0.2) is 14.6 Å². The first-order valence-electron chi connectivity index (χ1n) is 17.5. The molecule has 50 heavy (non-hydrogen) atoms. The number of fused-ring (bicyclic) bond motifs is 1. The number of esters is 1. The Bertz CT molecular complexity index is 1810. The molecule has 1 unspecified atom stereocenters. The predicted molar refractivity (Wildman–Crippen MR) is 198 cm³/mol. The Morgan fingerprint density at radius 1 is 1.06 bits per heavy atom. The molecule has 0 aliphatic carbocycles. The zero-order valence-corrected chi connectivity index (χ0v) is 33.2. The maximum Gasteiger partial charge on any atom is 0.354 e. The van der Waals surface area contributed by atoms with Crippen molar-refractivity contribution in [1.82, 2.24) is 24.1 Å². The highest BCUT2D eigenvalue weighted by Gasteiger charge is 2.37. The summed E-state index contributed by atoms with van der Waals surface area (Å²) in [6, 6.07) is 5.91. The van der Waals surface area contributed by atoms with Crippen LogP contribution in [0.1, 0.15) is 85.3 Å². The first kappa shape index (κ1) is 38.2. The molecule has 1 aliphatic rings. The van der Waals surface area contributed by atoms with E-state index in [-0.39, 0.29) is 23.9 Å². The molecule has 1 aliphatic heterocycles. The van der Waals surface area contributed by atoms with Gasteiger partial charge in [-0.05, 0) is 74.9 Å². The average Bonchev–Trinajstić information content (AvgIpc) is 3.67. The number of carbonyl (C=O) groups excluding carboxylic acids is 1. The Hall–Kier alpha value is -3.00. The van der Waals surface area contributed by atoms with E-state index in [1.165, 1.54) is 7.11 Å². The number of aryl methyl sites for hydroxylation is 4. The second kappa shape index (κ2) is 15.7. The fourth-order valence-corrected chi connectivity index (χ4v) is 7.73. The van der Waals surface area contributed by atoms with E-state index in [0.29, 0.717) is 37.0 Å². The van der Waals surface area contributed by atoms with Crippen LogP contribution in [0.2, 0.25) is 23.2 Å². The number of rotatable bonds is 14. The Morgan fingerprint density at radius 3 is 2.50 bits per heavy atom. The molecule has 0 bridgehead atoms. The van der Waals surface area contributed by atoms with Crippen LogP contribution < -0.4 is 0 Å². The standard InChI is InChI=1S/C37H54ClN5O6Si/c1-24-32(30(40-42(24)6)23-46-21-25-20-26(43(7)39-25)22-48-31-15-11-12-18-47-31)33-29(38)17-16-28-27(35(36(44)45-8)41(5)34(28)33)14-13-19-49-50(9,10)37(2,3)4/h16-17,20,31H,11-15,18-19,21-23H2,1-10H3. The van der Waals surface area contributed by atoms with Crippen molar-refractivity contribution in [3.63, 3.8) is 0 Å². The SMILES string of the molecule is COC(=O)c1c(CCCO[Si](C)(C)C(C)(C)C)c2ccc(Cl)c(-c3c(COCc4cc(COC5CCCCO5)n(C)n4)nn(C)c3C)c2n1C. The summed E-state index contributed by atoms with van der Waals surface area (Å²) in [6.07, 6.45) is 4.39. The van der Waals surface area contributed by atoms with Gasteiger partial charge in [-0.1, -0.05) is 38.4 Å². The summed E-state index contributed by atoms with van der Waals surface area (Å²) >= 11 is 7.04. The first-order valence-corrected chi connectivity index (χ1v) is 20.8. The third-order valence-electron chi connectivity index (χ3n) is 10.4. The van der Waals surface area contributed by atoms with Crippen LogP contribution in [-0.4, -0.2) is 65.0 Å². The molecule has 4 aromatic rings. The molecule has 1 aromatic carbocycles. The number of aromatic nitrogens is 5. The quantitative estimate of drug-likeness (QED) is 0.0738. The molecule has 4 heterocycles. The molecule has 11 nitrogen and oxygen atoms in total. The molecule has 3 aromatic heterocycles. The lowest BCUT2D eigenvalue weighted by atomic mass is 9.98. The van der Waals surface area contributed by atoms with Gasteiger partial charge in [-0.2, -0.15) is 10.2 Å². The van der Waals surface area contributed by atoms with Crippen molar-refractivity contribution in [2.45, 2.75) is 104 Å². The van der Waals surface area contributed by atoms with Crippen LogP contribution in [0.15, 0.2) is 18.2 Å². The van der Waals surface area contributed by atoms with E-state index >= 15 is 0 Å². The number of hydrogen-bond donors (Lipinski definition) is 0. The van der Waals surface area contributed by atoms with Gasteiger partial charge < -0.3 is 27.9 Å². The molecular formula is C37H54ClN5O6Si. The summed E-state index contributed by atoms with van der Waals surface area (Å²) in [7, 11) is 5.24. The lowest BCUT2D eigenvalue weighted by molar-refractivity contribution is -0.169. The zero-order valence-electron chi connectivity index (χ0n) is 31.4. The van der Waals surface area contributed by atoms with Crippen molar-refractivity contribution in [3.8, 4) is 11.1 Å². The Kier molecular flexibility index (Phi) is 12.0. The number of benzene rings is 1.